The molecule has 0 aliphatic carbocycles. The Morgan fingerprint density at radius 2 is 2.03 bits per heavy atom. The fraction of sp³-hybridized carbons (Fsp3) is 0.476. The number of esters is 1. The summed E-state index contributed by atoms with van der Waals surface area (Å²) in [6, 6.07) is 7.55. The number of fused-ring (bicyclic) bond motifs is 1. The van der Waals surface area contributed by atoms with Gasteiger partial charge in [-0.15, -0.1) is 0 Å². The molecule has 154 valence electrons. The third-order valence-corrected chi connectivity index (χ3v) is 5.64. The minimum absolute atomic E-state index is 0.362. The first-order valence-corrected chi connectivity index (χ1v) is 9.90. The molecule has 1 aromatic carbocycles. The molecule has 2 aromatic rings. The number of hydrogen-bond donors (Lipinski definition) is 0. The minimum atomic E-state index is -0.412. The molecule has 29 heavy (non-hydrogen) atoms. The Kier molecular flexibility index (Phi) is 5.89. The fourth-order valence-corrected chi connectivity index (χ4v) is 4.09. The molecule has 0 saturated carbocycles. The van der Waals surface area contributed by atoms with Gasteiger partial charge in [0.05, 0.1) is 31.7 Å². The maximum Gasteiger partial charge on any atom is 0.337 e. The van der Waals surface area contributed by atoms with Crippen molar-refractivity contribution in [3.8, 4) is 5.75 Å². The summed E-state index contributed by atoms with van der Waals surface area (Å²) in [7, 11) is 1.37. The Morgan fingerprint density at radius 3 is 2.83 bits per heavy atom. The summed E-state index contributed by atoms with van der Waals surface area (Å²) >= 11 is 0. The van der Waals surface area contributed by atoms with E-state index in [1.165, 1.54) is 19.5 Å². The smallest absolute Gasteiger partial charge is 0.337 e. The lowest BCUT2D eigenvalue weighted by atomic mass is 9.91. The van der Waals surface area contributed by atoms with Crippen LogP contribution in [0.1, 0.15) is 23.2 Å². The zero-order valence-electron chi connectivity index (χ0n) is 16.5. The topological polar surface area (TPSA) is 67.8 Å². The summed E-state index contributed by atoms with van der Waals surface area (Å²) in [5, 5.41) is 0. The predicted molar refractivity (Wildman–Crippen MR) is 106 cm³/mol. The minimum Gasteiger partial charge on any atom is -0.493 e. The van der Waals surface area contributed by atoms with Crippen LogP contribution in [0.25, 0.3) is 0 Å². The first-order chi connectivity index (χ1) is 14.1. The molecule has 0 bridgehead atoms. The molecule has 0 N–H and O–H groups in total. The molecule has 8 heteroatoms. The van der Waals surface area contributed by atoms with Crippen molar-refractivity contribution in [3.05, 3.63) is 48.0 Å². The summed E-state index contributed by atoms with van der Waals surface area (Å²) in [5.41, 5.74) is 0.493. The second kappa shape index (κ2) is 8.73. The van der Waals surface area contributed by atoms with Gasteiger partial charge in [-0.1, -0.05) is 6.07 Å². The average molecular weight is 400 g/mol. The summed E-state index contributed by atoms with van der Waals surface area (Å²) in [5.74, 6) is 0.959. The van der Waals surface area contributed by atoms with E-state index < -0.39 is 5.82 Å². The Balaban J connectivity index is 1.29. The molecular formula is C21H25FN4O3. The van der Waals surface area contributed by atoms with E-state index in [1.54, 1.807) is 18.2 Å². The van der Waals surface area contributed by atoms with Crippen molar-refractivity contribution >= 4 is 11.9 Å². The van der Waals surface area contributed by atoms with Crippen LogP contribution in [0.15, 0.2) is 36.7 Å². The largest absolute Gasteiger partial charge is 0.493 e. The zero-order valence-corrected chi connectivity index (χ0v) is 16.5. The number of halogens is 1. The van der Waals surface area contributed by atoms with Gasteiger partial charge in [-0.3, -0.25) is 4.90 Å². The number of benzene rings is 1. The van der Waals surface area contributed by atoms with Gasteiger partial charge in [0.15, 0.2) is 5.82 Å². The summed E-state index contributed by atoms with van der Waals surface area (Å²) in [6.07, 6.45) is 4.60. The van der Waals surface area contributed by atoms with Crippen LogP contribution in [-0.2, 0) is 4.74 Å². The van der Waals surface area contributed by atoms with Crippen LogP contribution in [0.4, 0.5) is 10.3 Å². The highest BCUT2D eigenvalue weighted by Gasteiger charge is 2.33. The maximum atomic E-state index is 13.1. The van der Waals surface area contributed by atoms with Gasteiger partial charge in [0.1, 0.15) is 5.75 Å². The normalized spacial score (nSPS) is 22.1. The van der Waals surface area contributed by atoms with Crippen LogP contribution in [0.2, 0.25) is 0 Å². The van der Waals surface area contributed by atoms with Gasteiger partial charge in [-0.05, 0) is 31.0 Å². The van der Waals surface area contributed by atoms with Gasteiger partial charge in [0.25, 0.3) is 0 Å². The SMILES string of the molecule is COC(=O)c1cccc(OC[C@H]2CC[C@H]3CN(c4ncc(F)cn4)CCN3C2)c1. The molecule has 0 unspecified atom stereocenters. The van der Waals surface area contributed by atoms with Crippen molar-refractivity contribution in [2.75, 3.05) is 44.8 Å². The number of hydrogen-bond acceptors (Lipinski definition) is 7. The summed E-state index contributed by atoms with van der Waals surface area (Å²) in [6.45, 7) is 4.23. The van der Waals surface area contributed by atoms with E-state index in [1.807, 2.05) is 6.07 Å². The molecular weight excluding hydrogens is 375 g/mol. The van der Waals surface area contributed by atoms with Crippen molar-refractivity contribution in [2.45, 2.75) is 18.9 Å². The molecule has 2 aliphatic heterocycles. The number of anilines is 1. The molecule has 2 aliphatic rings. The second-order valence-electron chi connectivity index (χ2n) is 7.57. The number of carbonyl (C=O) groups excluding carboxylic acids is 1. The number of aromatic nitrogens is 2. The third-order valence-electron chi connectivity index (χ3n) is 5.64. The van der Waals surface area contributed by atoms with E-state index >= 15 is 0 Å². The number of piperidine rings is 1. The van der Waals surface area contributed by atoms with Crippen LogP contribution < -0.4 is 9.64 Å². The van der Waals surface area contributed by atoms with Gasteiger partial charge in [-0.2, -0.15) is 0 Å². The third kappa shape index (κ3) is 4.64. The lowest BCUT2D eigenvalue weighted by molar-refractivity contribution is 0.0599. The second-order valence-corrected chi connectivity index (χ2v) is 7.57. The highest BCUT2D eigenvalue weighted by atomic mass is 19.1. The van der Waals surface area contributed by atoms with E-state index in [4.69, 9.17) is 9.47 Å². The van der Waals surface area contributed by atoms with Crippen LogP contribution in [0.5, 0.6) is 5.75 Å². The molecule has 4 rings (SSSR count). The van der Waals surface area contributed by atoms with Crippen molar-refractivity contribution in [1.29, 1.82) is 0 Å². The molecule has 3 heterocycles. The Morgan fingerprint density at radius 1 is 1.21 bits per heavy atom. The molecule has 1 aromatic heterocycles. The molecule has 2 fully saturated rings. The molecule has 7 nitrogen and oxygen atoms in total. The number of methoxy groups -OCH3 is 1. The van der Waals surface area contributed by atoms with E-state index in [0.29, 0.717) is 35.8 Å². The Labute approximate surface area is 169 Å². The maximum absolute atomic E-state index is 13.1. The molecule has 2 atom stereocenters. The molecule has 0 spiro atoms. The lowest BCUT2D eigenvalue weighted by Gasteiger charge is -2.46. The van der Waals surface area contributed by atoms with E-state index in [2.05, 4.69) is 19.8 Å². The van der Waals surface area contributed by atoms with E-state index in [-0.39, 0.29) is 5.97 Å². The monoisotopic (exact) mass is 400 g/mol. The Hall–Kier alpha value is -2.74. The van der Waals surface area contributed by atoms with E-state index in [0.717, 1.165) is 39.0 Å². The molecule has 0 amide bonds. The van der Waals surface area contributed by atoms with Gasteiger partial charge >= 0.3 is 5.97 Å². The number of ether oxygens (including phenoxy) is 2. The zero-order chi connectivity index (χ0) is 20.2. The van der Waals surface area contributed by atoms with Crippen molar-refractivity contribution < 1.29 is 18.7 Å². The van der Waals surface area contributed by atoms with Gasteiger partial charge in [0.2, 0.25) is 5.95 Å². The summed E-state index contributed by atoms with van der Waals surface area (Å²) in [4.78, 5) is 24.5. The highest BCUT2D eigenvalue weighted by molar-refractivity contribution is 5.89. The average Bonchev–Trinajstić information content (AvgIpc) is 2.77. The number of rotatable bonds is 5. The van der Waals surface area contributed by atoms with Crippen molar-refractivity contribution in [1.82, 2.24) is 14.9 Å². The van der Waals surface area contributed by atoms with Gasteiger partial charge in [-0.25, -0.2) is 19.2 Å². The van der Waals surface area contributed by atoms with Crippen LogP contribution in [-0.4, -0.2) is 66.8 Å². The Bertz CT molecular complexity index is 848. The predicted octanol–water partition coefficient (Wildman–Crippen LogP) is 2.38. The molecule has 2 saturated heterocycles. The van der Waals surface area contributed by atoms with Gasteiger partial charge in [0, 0.05) is 38.1 Å². The lowest BCUT2D eigenvalue weighted by Crippen LogP contribution is -2.57. The van der Waals surface area contributed by atoms with Crippen LogP contribution >= 0.6 is 0 Å². The number of piperazine rings is 1. The number of nitrogens with zero attached hydrogens (tertiary/aromatic N) is 4. The first kappa shape index (κ1) is 19.6. The van der Waals surface area contributed by atoms with Crippen LogP contribution in [0, 0.1) is 11.7 Å². The standard InChI is InChI=1S/C21H25FN4O3/c1-28-20(27)16-3-2-4-19(9-16)29-14-15-5-6-18-13-26(8-7-25(18)12-15)21-23-10-17(22)11-24-21/h2-4,9-11,15,18H,5-8,12-14H2,1H3/t15-,18-/m0/s1. The highest BCUT2D eigenvalue weighted by Crippen LogP contribution is 2.27. The molecule has 0 radical (unpaired) electrons. The van der Waals surface area contributed by atoms with Gasteiger partial charge < -0.3 is 14.4 Å². The quantitative estimate of drug-likeness (QED) is 0.714. The first-order valence-electron chi connectivity index (χ1n) is 9.90. The number of carbonyl (C=O) groups is 1. The van der Waals surface area contributed by atoms with E-state index in [9.17, 15) is 9.18 Å². The summed E-state index contributed by atoms with van der Waals surface area (Å²) < 4.78 is 23.8. The van der Waals surface area contributed by atoms with Crippen molar-refractivity contribution in [3.63, 3.8) is 0 Å². The van der Waals surface area contributed by atoms with Crippen LogP contribution in [0.3, 0.4) is 0 Å². The van der Waals surface area contributed by atoms with Crippen molar-refractivity contribution in [2.24, 2.45) is 5.92 Å². The fourth-order valence-electron chi connectivity index (χ4n) is 4.09.